The lowest BCUT2D eigenvalue weighted by atomic mass is 9.89. The monoisotopic (exact) mass is 541 g/mol. The van der Waals surface area contributed by atoms with Gasteiger partial charge in [-0.2, -0.15) is 4.31 Å². The molecule has 3 N–H and O–H groups in total. The number of rotatable bonds is 7. The summed E-state index contributed by atoms with van der Waals surface area (Å²) in [6, 6.07) is 2.55. The van der Waals surface area contributed by atoms with Crippen LogP contribution in [0.15, 0.2) is 29.7 Å². The van der Waals surface area contributed by atoms with Crippen LogP contribution in [0.3, 0.4) is 0 Å². The largest absolute Gasteiger partial charge is 0.399 e. The third kappa shape index (κ3) is 7.49. The van der Waals surface area contributed by atoms with Crippen LogP contribution in [0.25, 0.3) is 0 Å². The molecule has 8 nitrogen and oxygen atoms in total. The highest BCUT2D eigenvalue weighted by Gasteiger charge is 2.32. The fourth-order valence-corrected chi connectivity index (χ4v) is 5.53. The van der Waals surface area contributed by atoms with Crippen LogP contribution in [-0.2, 0) is 19.6 Å². The number of hydrogen-bond acceptors (Lipinski definition) is 5. The van der Waals surface area contributed by atoms with Crippen LogP contribution < -0.4 is 10.7 Å². The SMILES string of the molecule is CC(C)S(=O)(=O)N1CCN(/C(C=[NH2+])=C(\OC#CC2CCC[C@H](F)C2)C(=O)Nc2cc(F)cc(F)c2)CC1. The van der Waals surface area contributed by atoms with E-state index in [4.69, 9.17) is 10.1 Å². The zero-order valence-electron chi connectivity index (χ0n) is 20.8. The van der Waals surface area contributed by atoms with Crippen molar-refractivity contribution in [2.24, 2.45) is 5.92 Å². The minimum atomic E-state index is -3.46. The third-order valence-electron chi connectivity index (χ3n) is 6.28. The molecule has 2 fully saturated rings. The number of ether oxygens (including phenoxy) is 1. The molecule has 1 aliphatic heterocycles. The molecule has 1 saturated carbocycles. The number of nitrogens with two attached hydrogens (primary N) is 1. The first-order valence-corrected chi connectivity index (χ1v) is 13.6. The van der Waals surface area contributed by atoms with Crippen molar-refractivity contribution in [3.63, 3.8) is 0 Å². The van der Waals surface area contributed by atoms with Crippen molar-refractivity contribution >= 4 is 27.8 Å². The summed E-state index contributed by atoms with van der Waals surface area (Å²) < 4.78 is 72.9. The van der Waals surface area contributed by atoms with Gasteiger partial charge in [0.05, 0.1) is 5.25 Å². The lowest BCUT2D eigenvalue weighted by Crippen LogP contribution is -2.51. The second-order valence-electron chi connectivity index (χ2n) is 9.28. The minimum Gasteiger partial charge on any atom is -0.399 e. The van der Waals surface area contributed by atoms with E-state index < -0.39 is 39.0 Å². The van der Waals surface area contributed by atoms with Crippen molar-refractivity contribution in [2.45, 2.75) is 51.0 Å². The van der Waals surface area contributed by atoms with Crippen LogP contribution in [0.4, 0.5) is 18.9 Å². The van der Waals surface area contributed by atoms with Gasteiger partial charge >= 0.3 is 0 Å². The normalized spacial score (nSPS) is 21.5. The molecule has 1 saturated heterocycles. The number of carbonyl (C=O) groups excluding carboxylic acids is 1. The van der Waals surface area contributed by atoms with Gasteiger partial charge in [-0.05, 0) is 51.7 Å². The molecular weight excluding hydrogens is 509 g/mol. The van der Waals surface area contributed by atoms with Gasteiger partial charge in [-0.3, -0.25) is 10.2 Å². The first kappa shape index (κ1) is 28.5. The maximum Gasteiger partial charge on any atom is 0.294 e. The van der Waals surface area contributed by atoms with Crippen molar-refractivity contribution in [3.05, 3.63) is 41.3 Å². The maximum absolute atomic E-state index is 13.7. The number of halogens is 3. The number of nitrogens with zero attached hydrogens (tertiary/aromatic N) is 2. The molecule has 0 radical (unpaired) electrons. The number of carbonyl (C=O) groups is 1. The van der Waals surface area contributed by atoms with Crippen LogP contribution in [0.5, 0.6) is 0 Å². The van der Waals surface area contributed by atoms with E-state index in [9.17, 15) is 26.4 Å². The van der Waals surface area contributed by atoms with Gasteiger partial charge in [-0.1, -0.05) is 5.92 Å². The quantitative estimate of drug-likeness (QED) is 0.237. The molecular formula is C25H32F3N4O4S+. The fraction of sp³-hybridized carbons (Fsp3) is 0.520. The van der Waals surface area contributed by atoms with Crippen molar-refractivity contribution in [1.82, 2.24) is 9.21 Å². The second-order valence-corrected chi connectivity index (χ2v) is 11.8. The Morgan fingerprint density at radius 1 is 1.16 bits per heavy atom. The number of alkyl halides is 1. The van der Waals surface area contributed by atoms with Gasteiger partial charge in [0, 0.05) is 43.9 Å². The van der Waals surface area contributed by atoms with Gasteiger partial charge in [0.2, 0.25) is 15.8 Å². The molecule has 2 aliphatic rings. The molecule has 1 aromatic rings. The van der Waals surface area contributed by atoms with E-state index in [1.54, 1.807) is 18.7 Å². The molecule has 202 valence electrons. The zero-order valence-corrected chi connectivity index (χ0v) is 21.7. The average molecular weight is 542 g/mol. The van der Waals surface area contributed by atoms with Gasteiger partial charge in [-0.15, -0.1) is 0 Å². The number of allylic oxidation sites excluding steroid dienone is 1. The van der Waals surface area contributed by atoms with Crippen LogP contribution in [0.1, 0.15) is 39.5 Å². The summed E-state index contributed by atoms with van der Waals surface area (Å²) in [5.41, 5.74) is -0.00869. The predicted octanol–water partition coefficient (Wildman–Crippen LogP) is 1.81. The lowest BCUT2D eigenvalue weighted by Gasteiger charge is -2.36. The predicted molar refractivity (Wildman–Crippen MR) is 133 cm³/mol. The molecule has 0 spiro atoms. The Kier molecular flexibility index (Phi) is 9.62. The smallest absolute Gasteiger partial charge is 0.294 e. The van der Waals surface area contributed by atoms with Crippen LogP contribution in [0, 0.1) is 29.6 Å². The molecule has 0 bridgehead atoms. The fourth-order valence-electron chi connectivity index (χ4n) is 4.26. The standard InChI is InChI=1S/C25H31F3N4O4S/c1-17(2)37(34,35)32-9-7-31(8-10-32)23(16-29)24(36-11-6-18-4-3-5-19(26)12-18)25(33)30-22-14-20(27)13-21(28)15-22/h13-19,29H,3-5,7-10,12H2,1-2H3,(H,30,33)/p+1/b24-23-,29-16?/t18?,19-/m0/s1. The zero-order chi connectivity index (χ0) is 27.2. The first-order valence-electron chi connectivity index (χ1n) is 12.1. The number of benzene rings is 1. The van der Waals surface area contributed by atoms with Gasteiger partial charge in [0.25, 0.3) is 5.91 Å². The van der Waals surface area contributed by atoms with E-state index in [1.807, 2.05) is 0 Å². The summed E-state index contributed by atoms with van der Waals surface area (Å²) in [6.45, 7) is 3.94. The Labute approximate surface area is 215 Å². The van der Waals surface area contributed by atoms with Crippen molar-refractivity contribution in [1.29, 1.82) is 0 Å². The van der Waals surface area contributed by atoms with E-state index in [1.165, 1.54) is 4.31 Å². The molecule has 1 heterocycles. The molecule has 12 heteroatoms. The number of sulfonamides is 1. The van der Waals surface area contributed by atoms with Crippen LogP contribution >= 0.6 is 0 Å². The summed E-state index contributed by atoms with van der Waals surface area (Å²) in [4.78, 5) is 14.8. The molecule has 0 aromatic heterocycles. The van der Waals surface area contributed by atoms with E-state index in [0.29, 0.717) is 25.3 Å². The summed E-state index contributed by atoms with van der Waals surface area (Å²) >= 11 is 0. The number of hydrogen-bond donors (Lipinski definition) is 2. The van der Waals surface area contributed by atoms with Crippen LogP contribution in [0.2, 0.25) is 0 Å². The summed E-state index contributed by atoms with van der Waals surface area (Å²) in [5.74, 6) is -0.353. The Bertz CT molecular complexity index is 1180. The Hall–Kier alpha value is -3.04. The van der Waals surface area contributed by atoms with Gasteiger partial charge in [0.1, 0.15) is 23.9 Å². The lowest BCUT2D eigenvalue weighted by molar-refractivity contribution is -0.116. The molecule has 1 aromatic carbocycles. The highest BCUT2D eigenvalue weighted by molar-refractivity contribution is 7.89. The Morgan fingerprint density at radius 3 is 2.38 bits per heavy atom. The van der Waals surface area contributed by atoms with Gasteiger partial charge in [-0.25, -0.2) is 21.6 Å². The minimum absolute atomic E-state index is 0.136. The van der Waals surface area contributed by atoms with Crippen molar-refractivity contribution < 1.29 is 36.5 Å². The van der Waals surface area contributed by atoms with Crippen molar-refractivity contribution in [2.75, 3.05) is 31.5 Å². The molecule has 1 aliphatic carbocycles. The summed E-state index contributed by atoms with van der Waals surface area (Å²) in [5, 5.41) is 7.66. The van der Waals surface area contributed by atoms with E-state index >= 15 is 0 Å². The first-order chi connectivity index (χ1) is 17.5. The van der Waals surface area contributed by atoms with Crippen molar-refractivity contribution in [3.8, 4) is 12.0 Å². The number of amides is 1. The van der Waals surface area contributed by atoms with E-state index in [0.717, 1.165) is 18.3 Å². The molecule has 1 amide bonds. The second kappa shape index (κ2) is 12.5. The average Bonchev–Trinajstić information content (AvgIpc) is 2.83. The van der Waals surface area contributed by atoms with E-state index in [2.05, 4.69) is 17.3 Å². The number of nitrogens with one attached hydrogen (secondary N) is 1. The third-order valence-corrected chi connectivity index (χ3v) is 8.55. The summed E-state index contributed by atoms with van der Waals surface area (Å²) in [7, 11) is -3.46. The Morgan fingerprint density at radius 2 is 1.81 bits per heavy atom. The molecule has 37 heavy (non-hydrogen) atoms. The number of piperazine rings is 1. The Balaban J connectivity index is 1.87. The molecule has 3 rings (SSSR count). The van der Waals surface area contributed by atoms with Crippen LogP contribution in [-0.4, -0.2) is 67.3 Å². The van der Waals surface area contributed by atoms with Gasteiger partial charge < -0.3 is 15.0 Å². The maximum atomic E-state index is 13.7. The molecule has 2 atom stereocenters. The molecule has 1 unspecified atom stereocenters. The van der Waals surface area contributed by atoms with E-state index in [-0.39, 0.29) is 55.7 Å². The summed E-state index contributed by atoms with van der Waals surface area (Å²) in [6.07, 6.45) is 4.82. The van der Waals surface area contributed by atoms with Gasteiger partial charge in [0.15, 0.2) is 11.9 Å². The highest BCUT2D eigenvalue weighted by atomic mass is 32.2. The highest BCUT2D eigenvalue weighted by Crippen LogP contribution is 2.26. The number of anilines is 1. The topological polar surface area (TPSA) is 105 Å².